The van der Waals surface area contributed by atoms with Gasteiger partial charge in [0.2, 0.25) is 0 Å². The lowest BCUT2D eigenvalue weighted by Crippen LogP contribution is -2.43. The molecule has 0 radical (unpaired) electrons. The number of anilines is 1. The van der Waals surface area contributed by atoms with Gasteiger partial charge in [0.15, 0.2) is 5.82 Å². The van der Waals surface area contributed by atoms with Crippen LogP contribution in [0.1, 0.15) is 36.7 Å². The molecule has 1 atom stereocenters. The van der Waals surface area contributed by atoms with E-state index in [-0.39, 0.29) is 23.2 Å². The van der Waals surface area contributed by atoms with Crippen LogP contribution in [0.4, 0.5) is 5.82 Å². The van der Waals surface area contributed by atoms with Gasteiger partial charge in [0.25, 0.3) is 5.91 Å². The van der Waals surface area contributed by atoms with Crippen molar-refractivity contribution in [2.75, 3.05) is 4.90 Å². The summed E-state index contributed by atoms with van der Waals surface area (Å²) in [6.45, 7) is 7.30. The van der Waals surface area contributed by atoms with E-state index < -0.39 is 11.5 Å². The molecule has 106 valence electrons. The van der Waals surface area contributed by atoms with Crippen molar-refractivity contribution in [2.45, 2.75) is 33.2 Å². The number of amides is 1. The standard InChI is InChI=1S/C14H17N3O3/c1-8(2)14(4)13(20)17(7-16-14)11-10(12(18)19)5-9(3)6-15-11/h5-8H,1-4H3,(H,18,19). The van der Waals surface area contributed by atoms with Crippen LogP contribution in [-0.4, -0.2) is 33.8 Å². The third-order valence-corrected chi connectivity index (χ3v) is 3.68. The lowest BCUT2D eigenvalue weighted by atomic mass is 9.89. The number of aromatic nitrogens is 1. The summed E-state index contributed by atoms with van der Waals surface area (Å²) in [5.41, 5.74) is -0.151. The van der Waals surface area contributed by atoms with Crippen LogP contribution in [0.5, 0.6) is 0 Å². The number of pyridine rings is 1. The topological polar surface area (TPSA) is 82.9 Å². The molecule has 6 heteroatoms. The van der Waals surface area contributed by atoms with Gasteiger partial charge in [0, 0.05) is 6.20 Å². The third-order valence-electron chi connectivity index (χ3n) is 3.68. The van der Waals surface area contributed by atoms with Crippen LogP contribution in [0, 0.1) is 12.8 Å². The molecule has 6 nitrogen and oxygen atoms in total. The number of hydrogen-bond donors (Lipinski definition) is 1. The first-order chi connectivity index (χ1) is 9.27. The number of hydrogen-bond acceptors (Lipinski definition) is 4. The molecule has 1 unspecified atom stereocenters. The Morgan fingerprint density at radius 3 is 2.60 bits per heavy atom. The highest BCUT2D eigenvalue weighted by atomic mass is 16.4. The Balaban J connectivity index is 2.48. The zero-order chi connectivity index (χ0) is 15.1. The third kappa shape index (κ3) is 2.07. The summed E-state index contributed by atoms with van der Waals surface area (Å²) in [4.78, 5) is 33.4. The van der Waals surface area contributed by atoms with Gasteiger partial charge >= 0.3 is 5.97 Å². The van der Waals surface area contributed by atoms with Crippen molar-refractivity contribution in [3.63, 3.8) is 0 Å². The molecule has 0 saturated heterocycles. The average Bonchev–Trinajstić information content (AvgIpc) is 2.68. The van der Waals surface area contributed by atoms with Crippen LogP contribution in [0.25, 0.3) is 0 Å². The van der Waals surface area contributed by atoms with Gasteiger partial charge in [-0.3, -0.25) is 14.7 Å². The van der Waals surface area contributed by atoms with E-state index in [4.69, 9.17) is 0 Å². The smallest absolute Gasteiger partial charge is 0.339 e. The molecule has 0 saturated carbocycles. The van der Waals surface area contributed by atoms with E-state index in [1.54, 1.807) is 13.8 Å². The summed E-state index contributed by atoms with van der Waals surface area (Å²) >= 11 is 0. The predicted octanol–water partition coefficient (Wildman–Crippen LogP) is 1.88. The van der Waals surface area contributed by atoms with Crippen molar-refractivity contribution in [1.82, 2.24) is 4.98 Å². The van der Waals surface area contributed by atoms with Gasteiger partial charge < -0.3 is 5.11 Å². The van der Waals surface area contributed by atoms with Gasteiger partial charge in [0.05, 0.1) is 6.34 Å². The summed E-state index contributed by atoms with van der Waals surface area (Å²) in [5.74, 6) is -1.25. The highest BCUT2D eigenvalue weighted by molar-refractivity contribution is 6.18. The number of aliphatic imine (C=N–C) groups is 1. The fourth-order valence-corrected chi connectivity index (χ4v) is 1.99. The van der Waals surface area contributed by atoms with E-state index in [9.17, 15) is 14.7 Å². The van der Waals surface area contributed by atoms with E-state index >= 15 is 0 Å². The van der Waals surface area contributed by atoms with Crippen LogP contribution >= 0.6 is 0 Å². The van der Waals surface area contributed by atoms with Crippen molar-refractivity contribution in [1.29, 1.82) is 0 Å². The number of carboxylic acid groups (broad SMARTS) is 1. The van der Waals surface area contributed by atoms with E-state index in [1.807, 2.05) is 13.8 Å². The normalized spacial score (nSPS) is 21.9. The number of nitrogens with zero attached hydrogens (tertiary/aromatic N) is 3. The van der Waals surface area contributed by atoms with Gasteiger partial charge in [-0.15, -0.1) is 0 Å². The van der Waals surface area contributed by atoms with Crippen LogP contribution in [0.3, 0.4) is 0 Å². The van der Waals surface area contributed by atoms with E-state index in [2.05, 4.69) is 9.98 Å². The van der Waals surface area contributed by atoms with Crippen molar-refractivity contribution < 1.29 is 14.7 Å². The van der Waals surface area contributed by atoms with Gasteiger partial charge in [-0.2, -0.15) is 0 Å². The zero-order valence-electron chi connectivity index (χ0n) is 11.9. The minimum Gasteiger partial charge on any atom is -0.478 e. The second-order valence-electron chi connectivity index (χ2n) is 5.41. The molecule has 1 aliphatic rings. The summed E-state index contributed by atoms with van der Waals surface area (Å²) in [6.07, 6.45) is 2.90. The Hall–Kier alpha value is -2.24. The summed E-state index contributed by atoms with van der Waals surface area (Å²) in [6, 6.07) is 1.50. The first-order valence-electron chi connectivity index (χ1n) is 6.36. The number of aryl methyl sites for hydroxylation is 1. The Labute approximate surface area is 117 Å². The molecule has 2 heterocycles. The monoisotopic (exact) mass is 275 g/mol. The molecule has 20 heavy (non-hydrogen) atoms. The van der Waals surface area contributed by atoms with Crippen LogP contribution in [0.2, 0.25) is 0 Å². The van der Waals surface area contributed by atoms with Crippen molar-refractivity contribution in [3.05, 3.63) is 23.4 Å². The number of aromatic carboxylic acids is 1. The minimum atomic E-state index is -1.12. The fourth-order valence-electron chi connectivity index (χ4n) is 1.99. The first kappa shape index (κ1) is 14.2. The minimum absolute atomic E-state index is 0.00203. The van der Waals surface area contributed by atoms with Crippen molar-refractivity contribution >= 4 is 24.0 Å². The van der Waals surface area contributed by atoms with Crippen molar-refractivity contribution in [2.24, 2.45) is 10.9 Å². The molecule has 1 aromatic heterocycles. The highest BCUT2D eigenvalue weighted by Crippen LogP contribution is 2.31. The maximum atomic E-state index is 12.5. The molecule has 1 aliphatic heterocycles. The molecule has 0 fully saturated rings. The maximum absolute atomic E-state index is 12.5. The molecule has 1 aromatic rings. The summed E-state index contributed by atoms with van der Waals surface area (Å²) in [5, 5.41) is 9.25. The first-order valence-corrected chi connectivity index (χ1v) is 6.36. The second-order valence-corrected chi connectivity index (χ2v) is 5.41. The molecule has 0 aliphatic carbocycles. The Morgan fingerprint density at radius 1 is 1.45 bits per heavy atom. The van der Waals surface area contributed by atoms with Crippen molar-refractivity contribution in [3.8, 4) is 0 Å². The van der Waals surface area contributed by atoms with E-state index in [0.717, 1.165) is 5.56 Å². The largest absolute Gasteiger partial charge is 0.478 e. The van der Waals surface area contributed by atoms with E-state index in [0.29, 0.717) is 0 Å². The lowest BCUT2D eigenvalue weighted by molar-refractivity contribution is -0.122. The predicted molar refractivity (Wildman–Crippen MR) is 75.2 cm³/mol. The van der Waals surface area contributed by atoms with Gasteiger partial charge in [-0.1, -0.05) is 13.8 Å². The molecule has 1 amide bonds. The van der Waals surface area contributed by atoms with Crippen LogP contribution in [0.15, 0.2) is 17.3 Å². The quantitative estimate of drug-likeness (QED) is 0.913. The Kier molecular flexibility index (Phi) is 3.33. The van der Waals surface area contributed by atoms with E-state index in [1.165, 1.54) is 23.5 Å². The second kappa shape index (κ2) is 4.70. The lowest BCUT2D eigenvalue weighted by Gasteiger charge is -2.25. The molecule has 0 spiro atoms. The number of carbonyl (C=O) groups excluding carboxylic acids is 1. The molecule has 1 N–H and O–H groups in total. The van der Waals surface area contributed by atoms with Crippen LogP contribution in [-0.2, 0) is 4.79 Å². The van der Waals surface area contributed by atoms with Gasteiger partial charge in [-0.05, 0) is 31.4 Å². The van der Waals surface area contributed by atoms with Gasteiger partial charge in [0.1, 0.15) is 11.1 Å². The molecule has 0 aromatic carbocycles. The molecule has 2 rings (SSSR count). The number of rotatable bonds is 3. The Bertz CT molecular complexity index is 610. The van der Waals surface area contributed by atoms with Gasteiger partial charge in [-0.25, -0.2) is 9.78 Å². The fraction of sp³-hybridized carbons (Fsp3) is 0.429. The number of carbonyl (C=O) groups is 2. The van der Waals surface area contributed by atoms with Crippen LogP contribution < -0.4 is 4.90 Å². The SMILES string of the molecule is Cc1cnc(N2C=NC(C)(C(C)C)C2=O)c(C(=O)O)c1. The average molecular weight is 275 g/mol. The molecular weight excluding hydrogens is 258 g/mol. The summed E-state index contributed by atoms with van der Waals surface area (Å²) < 4.78 is 0. The Morgan fingerprint density at radius 2 is 2.10 bits per heavy atom. The highest BCUT2D eigenvalue weighted by Gasteiger charge is 2.44. The zero-order valence-corrected chi connectivity index (χ0v) is 11.9. The summed E-state index contributed by atoms with van der Waals surface area (Å²) in [7, 11) is 0. The maximum Gasteiger partial charge on any atom is 0.339 e. The molecular formula is C14H17N3O3. The number of carboxylic acids is 1. The molecule has 0 bridgehead atoms.